The highest BCUT2D eigenvalue weighted by molar-refractivity contribution is 7.94. The van der Waals surface area contributed by atoms with Crippen LogP contribution in [0.1, 0.15) is 112 Å². The van der Waals surface area contributed by atoms with Gasteiger partial charge in [0.25, 0.3) is 5.91 Å². The summed E-state index contributed by atoms with van der Waals surface area (Å²) in [4.78, 5) is 27.4. The van der Waals surface area contributed by atoms with E-state index < -0.39 is 21.9 Å². The maximum absolute atomic E-state index is 13.5. The molecule has 11 heteroatoms. The van der Waals surface area contributed by atoms with Crippen LogP contribution in [0.25, 0.3) is 0 Å². The number of carbonyl (C=O) groups is 2. The van der Waals surface area contributed by atoms with E-state index in [1.807, 2.05) is 4.90 Å². The maximum Gasteiger partial charge on any atom is 0.341 e. The number of nitrogens with zero attached hydrogens (tertiary/aromatic N) is 1. The van der Waals surface area contributed by atoms with Gasteiger partial charge in [0.15, 0.2) is 0 Å². The normalized spacial score (nSPS) is 11.2. The van der Waals surface area contributed by atoms with Crippen LogP contribution in [0.4, 0.5) is 11.4 Å². The first-order valence-corrected chi connectivity index (χ1v) is 16.8. The van der Waals surface area contributed by atoms with Crippen molar-refractivity contribution in [3.8, 4) is 5.75 Å². The Balaban J connectivity index is 2.12. The number of halogens is 1. The van der Waals surface area contributed by atoms with Gasteiger partial charge in [-0.2, -0.15) is 8.42 Å². The third-order valence-corrected chi connectivity index (χ3v) is 8.23. The number of esters is 1. The minimum Gasteiger partial charge on any atom is -0.505 e. The Morgan fingerprint density at radius 2 is 1.38 bits per heavy atom. The van der Waals surface area contributed by atoms with Gasteiger partial charge in [-0.05, 0) is 43.2 Å². The molecule has 0 aliphatic heterocycles. The number of aromatic hydroxyl groups is 1. The van der Waals surface area contributed by atoms with E-state index in [9.17, 15) is 23.1 Å². The van der Waals surface area contributed by atoms with E-state index in [1.54, 1.807) is 18.2 Å². The van der Waals surface area contributed by atoms with Gasteiger partial charge in [0, 0.05) is 18.7 Å². The molecule has 0 saturated carbocycles. The zero-order valence-electron chi connectivity index (χ0n) is 25.1. The van der Waals surface area contributed by atoms with Gasteiger partial charge in [0.05, 0.1) is 23.5 Å². The van der Waals surface area contributed by atoms with Crippen LogP contribution in [-0.2, 0) is 14.9 Å². The summed E-state index contributed by atoms with van der Waals surface area (Å²) in [6, 6.07) is 8.67. The van der Waals surface area contributed by atoms with Crippen LogP contribution < -0.4 is 9.44 Å². The molecule has 3 N–H and O–H groups in total. The standard InChI is InChI=1S/C31H46ClN3O6S/c1-4-6-8-10-12-14-19-35(20-15-13-11-9-7-5-2)30(37)24-17-16-18-25(21-24)33-42(39,40)34-26-22-27(31(38)41-3)29(36)28(32)23-26/h16-18,21-23,33-34,36H,4-15,19-20H2,1-3H3. The highest BCUT2D eigenvalue weighted by Crippen LogP contribution is 2.32. The molecule has 2 aromatic carbocycles. The molecule has 0 atom stereocenters. The van der Waals surface area contributed by atoms with E-state index in [2.05, 4.69) is 28.0 Å². The number of unbranched alkanes of at least 4 members (excludes halogenated alkanes) is 10. The molecule has 9 nitrogen and oxygen atoms in total. The zero-order valence-corrected chi connectivity index (χ0v) is 26.7. The zero-order chi connectivity index (χ0) is 31.0. The van der Waals surface area contributed by atoms with Gasteiger partial charge in [-0.1, -0.05) is 95.7 Å². The van der Waals surface area contributed by atoms with Crippen molar-refractivity contribution in [2.24, 2.45) is 0 Å². The third-order valence-electron chi connectivity index (χ3n) is 6.93. The Kier molecular flexibility index (Phi) is 15.5. The number of phenolic OH excluding ortho intramolecular Hbond substituents is 1. The van der Waals surface area contributed by atoms with Crippen LogP contribution in [0, 0.1) is 0 Å². The molecule has 1 amide bonds. The molecule has 0 spiro atoms. The lowest BCUT2D eigenvalue weighted by atomic mass is 10.1. The van der Waals surface area contributed by atoms with Gasteiger partial charge < -0.3 is 14.7 Å². The first-order valence-electron chi connectivity index (χ1n) is 14.9. The summed E-state index contributed by atoms with van der Waals surface area (Å²) in [5, 5.41) is 9.80. The van der Waals surface area contributed by atoms with Crippen molar-refractivity contribution in [2.45, 2.75) is 90.9 Å². The molecule has 0 heterocycles. The summed E-state index contributed by atoms with van der Waals surface area (Å²) in [6.45, 7) is 5.72. The van der Waals surface area contributed by atoms with Crippen LogP contribution in [0.3, 0.4) is 0 Å². The molecule has 2 rings (SSSR count). The van der Waals surface area contributed by atoms with Gasteiger partial charge >= 0.3 is 16.2 Å². The highest BCUT2D eigenvalue weighted by atomic mass is 35.5. The summed E-state index contributed by atoms with van der Waals surface area (Å²) < 4.78 is 35.1. The second-order valence-corrected chi connectivity index (χ2v) is 12.3. The predicted molar refractivity (Wildman–Crippen MR) is 170 cm³/mol. The number of phenols is 1. The van der Waals surface area contributed by atoms with Crippen molar-refractivity contribution < 1.29 is 27.9 Å². The first kappa shape index (κ1) is 35.2. The van der Waals surface area contributed by atoms with Crippen LogP contribution in [0.15, 0.2) is 36.4 Å². The van der Waals surface area contributed by atoms with Crippen LogP contribution in [0.2, 0.25) is 5.02 Å². The lowest BCUT2D eigenvalue weighted by Crippen LogP contribution is -2.33. The topological polar surface area (TPSA) is 125 Å². The molecule has 0 aliphatic rings. The molecule has 0 aliphatic carbocycles. The minimum absolute atomic E-state index is 0.0537. The van der Waals surface area contributed by atoms with Crippen molar-refractivity contribution >= 4 is 45.1 Å². The van der Waals surface area contributed by atoms with E-state index in [0.717, 1.165) is 51.7 Å². The minimum atomic E-state index is -4.20. The van der Waals surface area contributed by atoms with E-state index >= 15 is 0 Å². The Labute approximate surface area is 256 Å². The lowest BCUT2D eigenvalue weighted by molar-refractivity contribution is 0.0597. The Hall–Kier alpha value is -2.98. The molecule has 0 radical (unpaired) electrons. The summed E-state index contributed by atoms with van der Waals surface area (Å²) in [7, 11) is -3.07. The Morgan fingerprint density at radius 3 is 1.95 bits per heavy atom. The van der Waals surface area contributed by atoms with Crippen molar-refractivity contribution in [3.63, 3.8) is 0 Å². The first-order chi connectivity index (χ1) is 20.1. The maximum atomic E-state index is 13.5. The number of benzene rings is 2. The van der Waals surface area contributed by atoms with Crippen LogP contribution in [0.5, 0.6) is 5.75 Å². The molecule has 2 aromatic rings. The van der Waals surface area contributed by atoms with Gasteiger partial charge in [-0.3, -0.25) is 14.2 Å². The van der Waals surface area contributed by atoms with E-state index in [0.29, 0.717) is 18.7 Å². The molecule has 0 bridgehead atoms. The number of hydrogen-bond donors (Lipinski definition) is 3. The van der Waals surface area contributed by atoms with Gasteiger partial charge in [0.1, 0.15) is 11.3 Å². The van der Waals surface area contributed by atoms with Crippen LogP contribution in [-0.4, -0.2) is 50.5 Å². The molecular weight excluding hydrogens is 578 g/mol. The average molecular weight is 624 g/mol. The number of hydrogen-bond acceptors (Lipinski definition) is 6. The molecule has 0 aromatic heterocycles. The number of anilines is 2. The summed E-state index contributed by atoms with van der Waals surface area (Å²) >= 11 is 5.97. The fraction of sp³-hybridized carbons (Fsp3) is 0.548. The lowest BCUT2D eigenvalue weighted by Gasteiger charge is -2.23. The highest BCUT2D eigenvalue weighted by Gasteiger charge is 2.20. The molecular formula is C31H46ClN3O6S. The van der Waals surface area contributed by atoms with Crippen molar-refractivity contribution in [1.82, 2.24) is 4.90 Å². The SMILES string of the molecule is CCCCCCCCN(CCCCCCCC)C(=O)c1cccc(NS(=O)(=O)Nc2cc(Cl)c(O)c(C(=O)OC)c2)c1. The molecule has 0 saturated heterocycles. The second kappa shape index (κ2) is 18.5. The number of methoxy groups -OCH3 is 1. The molecule has 234 valence electrons. The second-order valence-electron chi connectivity index (χ2n) is 10.5. The van der Waals surface area contributed by atoms with E-state index in [-0.39, 0.29) is 27.9 Å². The largest absolute Gasteiger partial charge is 0.505 e. The number of ether oxygens (including phenoxy) is 1. The van der Waals surface area contributed by atoms with Crippen molar-refractivity contribution in [2.75, 3.05) is 29.6 Å². The summed E-state index contributed by atoms with van der Waals surface area (Å²) in [6.07, 6.45) is 13.6. The fourth-order valence-corrected chi connectivity index (χ4v) is 5.77. The molecule has 0 unspecified atom stereocenters. The molecule has 0 fully saturated rings. The van der Waals surface area contributed by atoms with Crippen LogP contribution >= 0.6 is 11.6 Å². The summed E-state index contributed by atoms with van der Waals surface area (Å²) in [5.74, 6) is -1.52. The quantitative estimate of drug-likeness (QED) is 0.0786. The number of amides is 1. The van der Waals surface area contributed by atoms with E-state index in [1.165, 1.54) is 50.7 Å². The average Bonchev–Trinajstić information content (AvgIpc) is 2.96. The summed E-state index contributed by atoms with van der Waals surface area (Å²) in [5.41, 5.74) is 0.256. The van der Waals surface area contributed by atoms with Crippen molar-refractivity contribution in [3.05, 3.63) is 52.5 Å². The van der Waals surface area contributed by atoms with Gasteiger partial charge in [-0.15, -0.1) is 0 Å². The Morgan fingerprint density at radius 1 is 0.833 bits per heavy atom. The third kappa shape index (κ3) is 12.1. The predicted octanol–water partition coefficient (Wildman–Crippen LogP) is 7.76. The number of rotatable bonds is 20. The number of carbonyl (C=O) groups excluding carboxylic acids is 2. The fourth-order valence-electron chi connectivity index (χ4n) is 4.64. The van der Waals surface area contributed by atoms with Gasteiger partial charge in [0.2, 0.25) is 0 Å². The smallest absolute Gasteiger partial charge is 0.341 e. The monoisotopic (exact) mass is 623 g/mol. The van der Waals surface area contributed by atoms with E-state index in [4.69, 9.17) is 11.6 Å². The van der Waals surface area contributed by atoms with Crippen molar-refractivity contribution in [1.29, 1.82) is 0 Å². The molecule has 42 heavy (non-hydrogen) atoms. The van der Waals surface area contributed by atoms with Gasteiger partial charge in [-0.25, -0.2) is 4.79 Å². The number of nitrogens with one attached hydrogen (secondary N) is 2. The Bertz CT molecular complexity index is 1240.